The minimum Gasteiger partial charge on any atom is -0.263 e. The lowest BCUT2D eigenvalue weighted by Gasteiger charge is -1.86. The second-order valence-corrected chi connectivity index (χ2v) is 1.73. The highest BCUT2D eigenvalue weighted by Gasteiger charge is 1.79. The molecule has 0 N–H and O–H groups in total. The summed E-state index contributed by atoms with van der Waals surface area (Å²) in [6.07, 6.45) is 8.89. The normalized spacial score (nSPS) is 33.2. The molecule has 1 heterocycles. The van der Waals surface area contributed by atoms with Crippen molar-refractivity contribution in [3.63, 3.8) is 0 Å². The van der Waals surface area contributed by atoms with E-state index in [-0.39, 0.29) is 0 Å². The zero-order chi connectivity index (χ0) is 6.53. The molecule has 0 saturated carbocycles. The molecule has 0 spiro atoms. The van der Waals surface area contributed by atoms with E-state index < -0.39 is 0 Å². The highest BCUT2D eigenvalue weighted by Crippen LogP contribution is 1.85. The van der Waals surface area contributed by atoms with Crippen LogP contribution in [0.15, 0.2) is 34.5 Å². The molecule has 2 heteroatoms. The van der Waals surface area contributed by atoms with Crippen LogP contribution in [0.5, 0.6) is 0 Å². The van der Waals surface area contributed by atoms with E-state index in [0.29, 0.717) is 0 Å². The summed E-state index contributed by atoms with van der Waals surface area (Å²) in [6, 6.07) is 0. The van der Waals surface area contributed by atoms with E-state index in [2.05, 4.69) is 9.98 Å². The Kier molecular flexibility index (Phi) is 1.96. The summed E-state index contributed by atoms with van der Waals surface area (Å²) in [5, 5.41) is 0. The molecule has 2 nitrogen and oxygen atoms in total. The zero-order valence-corrected chi connectivity index (χ0v) is 5.28. The first-order chi connectivity index (χ1) is 4.39. The van der Waals surface area contributed by atoms with Crippen molar-refractivity contribution in [2.75, 3.05) is 0 Å². The van der Waals surface area contributed by atoms with Crippen LogP contribution in [0.4, 0.5) is 0 Å². The summed E-state index contributed by atoms with van der Waals surface area (Å²) in [5.41, 5.74) is 0.926. The second-order valence-electron chi connectivity index (χ2n) is 1.73. The standard InChI is InChI=1S/C7H8N2/c1-7-6-8-4-2-3-5-9-7/h2-6H,1H3/b3-2?,4-2-,5-3+,7-6?,8-4?,8-6+,9-5?,9-7-. The van der Waals surface area contributed by atoms with Gasteiger partial charge in [0.15, 0.2) is 0 Å². The molecule has 0 bridgehead atoms. The third-order valence-corrected chi connectivity index (χ3v) is 0.909. The Morgan fingerprint density at radius 3 is 2.89 bits per heavy atom. The average Bonchev–Trinajstić information content (AvgIpc) is 1.79. The van der Waals surface area contributed by atoms with Crippen molar-refractivity contribution in [2.45, 2.75) is 6.92 Å². The van der Waals surface area contributed by atoms with Gasteiger partial charge >= 0.3 is 0 Å². The summed E-state index contributed by atoms with van der Waals surface area (Å²) in [7, 11) is 0. The van der Waals surface area contributed by atoms with Crippen molar-refractivity contribution in [2.24, 2.45) is 9.98 Å². The fraction of sp³-hybridized carbons (Fsp3) is 0.143. The quantitative estimate of drug-likeness (QED) is 0.463. The van der Waals surface area contributed by atoms with Crippen LogP contribution in [0.3, 0.4) is 0 Å². The van der Waals surface area contributed by atoms with Gasteiger partial charge in [0.2, 0.25) is 0 Å². The molecule has 9 heavy (non-hydrogen) atoms. The smallest absolute Gasteiger partial charge is 0.0555 e. The monoisotopic (exact) mass is 120 g/mol. The van der Waals surface area contributed by atoms with E-state index in [0.717, 1.165) is 5.71 Å². The summed E-state index contributed by atoms with van der Waals surface area (Å²) >= 11 is 0. The van der Waals surface area contributed by atoms with Gasteiger partial charge in [-0.15, -0.1) is 0 Å². The molecule has 1 aliphatic rings. The molecular formula is C7H8N2. The molecule has 0 saturated heterocycles. The molecular weight excluding hydrogens is 112 g/mol. The topological polar surface area (TPSA) is 24.7 Å². The average molecular weight is 120 g/mol. The van der Waals surface area contributed by atoms with Crippen LogP contribution < -0.4 is 0 Å². The SMILES string of the molecule is CC1=N/C=C/C=C\N=C\1. The van der Waals surface area contributed by atoms with E-state index in [1.807, 2.05) is 19.1 Å². The Bertz CT molecular complexity index is 197. The van der Waals surface area contributed by atoms with Crippen molar-refractivity contribution >= 4 is 11.9 Å². The summed E-state index contributed by atoms with van der Waals surface area (Å²) in [4.78, 5) is 7.94. The number of hydrogen-bond donors (Lipinski definition) is 0. The first kappa shape index (κ1) is 5.95. The van der Waals surface area contributed by atoms with E-state index in [1.54, 1.807) is 18.6 Å². The molecule has 1 rings (SSSR count). The molecule has 0 aromatic heterocycles. The van der Waals surface area contributed by atoms with Crippen molar-refractivity contribution in [1.29, 1.82) is 0 Å². The van der Waals surface area contributed by atoms with Gasteiger partial charge in [0.05, 0.1) is 5.71 Å². The van der Waals surface area contributed by atoms with E-state index in [4.69, 9.17) is 0 Å². The van der Waals surface area contributed by atoms with Gasteiger partial charge in [-0.1, -0.05) is 0 Å². The van der Waals surface area contributed by atoms with Crippen LogP contribution in [-0.2, 0) is 0 Å². The van der Waals surface area contributed by atoms with Crippen molar-refractivity contribution in [1.82, 2.24) is 0 Å². The van der Waals surface area contributed by atoms with Gasteiger partial charge in [0, 0.05) is 18.6 Å². The molecule has 0 unspecified atom stereocenters. The van der Waals surface area contributed by atoms with Crippen LogP contribution in [-0.4, -0.2) is 11.9 Å². The summed E-state index contributed by atoms with van der Waals surface area (Å²) < 4.78 is 0. The fourth-order valence-electron chi connectivity index (χ4n) is 0.494. The van der Waals surface area contributed by atoms with Gasteiger partial charge in [-0.05, 0) is 19.1 Å². The van der Waals surface area contributed by atoms with Crippen molar-refractivity contribution in [3.8, 4) is 0 Å². The first-order valence-corrected chi connectivity index (χ1v) is 2.79. The van der Waals surface area contributed by atoms with Gasteiger partial charge in [-0.25, -0.2) is 0 Å². The maximum atomic E-state index is 4.02. The lowest BCUT2D eigenvalue weighted by Crippen LogP contribution is -1.90. The molecule has 0 aromatic carbocycles. The lowest BCUT2D eigenvalue weighted by atomic mass is 10.4. The summed E-state index contributed by atoms with van der Waals surface area (Å²) in [6.45, 7) is 1.91. The van der Waals surface area contributed by atoms with Crippen molar-refractivity contribution in [3.05, 3.63) is 24.6 Å². The largest absolute Gasteiger partial charge is 0.263 e. The minimum atomic E-state index is 0.926. The third kappa shape index (κ3) is 2.04. The summed E-state index contributed by atoms with van der Waals surface area (Å²) in [5.74, 6) is 0. The molecule has 0 radical (unpaired) electrons. The number of allylic oxidation sites excluding steroid dienone is 2. The van der Waals surface area contributed by atoms with E-state index in [1.165, 1.54) is 0 Å². The maximum absolute atomic E-state index is 4.02. The Labute approximate surface area is 54.3 Å². The highest BCUT2D eigenvalue weighted by atomic mass is 14.7. The van der Waals surface area contributed by atoms with E-state index >= 15 is 0 Å². The van der Waals surface area contributed by atoms with Crippen LogP contribution in [0.2, 0.25) is 0 Å². The molecule has 46 valence electrons. The minimum absolute atomic E-state index is 0.926. The zero-order valence-electron chi connectivity index (χ0n) is 5.28. The maximum Gasteiger partial charge on any atom is 0.0555 e. The Balaban J connectivity index is 2.77. The second kappa shape index (κ2) is 2.97. The number of nitrogens with zero attached hydrogens (tertiary/aromatic N) is 2. The Hall–Kier alpha value is -1.18. The predicted molar refractivity (Wildman–Crippen MR) is 39.9 cm³/mol. The first-order valence-electron chi connectivity index (χ1n) is 2.79. The molecule has 0 atom stereocenters. The van der Waals surface area contributed by atoms with Gasteiger partial charge < -0.3 is 0 Å². The van der Waals surface area contributed by atoms with Gasteiger partial charge in [0.1, 0.15) is 0 Å². The molecule has 0 fully saturated rings. The van der Waals surface area contributed by atoms with Crippen LogP contribution in [0.1, 0.15) is 6.92 Å². The molecule has 0 aromatic rings. The molecule has 1 aliphatic heterocycles. The Morgan fingerprint density at radius 2 is 2.00 bits per heavy atom. The van der Waals surface area contributed by atoms with E-state index in [9.17, 15) is 0 Å². The van der Waals surface area contributed by atoms with Gasteiger partial charge in [-0.3, -0.25) is 9.98 Å². The number of aliphatic imine (C=N–C) groups is 2. The fourth-order valence-corrected chi connectivity index (χ4v) is 0.494. The van der Waals surface area contributed by atoms with Gasteiger partial charge in [-0.2, -0.15) is 0 Å². The van der Waals surface area contributed by atoms with Crippen molar-refractivity contribution < 1.29 is 0 Å². The highest BCUT2D eigenvalue weighted by molar-refractivity contribution is 6.29. The molecule has 0 amide bonds. The lowest BCUT2D eigenvalue weighted by molar-refractivity contribution is 1.51. The third-order valence-electron chi connectivity index (χ3n) is 0.909. The van der Waals surface area contributed by atoms with Crippen LogP contribution >= 0.6 is 0 Å². The van der Waals surface area contributed by atoms with Gasteiger partial charge in [0.25, 0.3) is 0 Å². The molecule has 0 aliphatic carbocycles. The van der Waals surface area contributed by atoms with Crippen LogP contribution in [0, 0.1) is 0 Å². The van der Waals surface area contributed by atoms with Crippen LogP contribution in [0.25, 0.3) is 0 Å². The predicted octanol–water partition coefficient (Wildman–Crippen LogP) is 1.56. The number of rotatable bonds is 0. The Morgan fingerprint density at radius 1 is 1.22 bits per heavy atom. The number of hydrogen-bond acceptors (Lipinski definition) is 2.